The summed E-state index contributed by atoms with van der Waals surface area (Å²) in [7, 11) is 1.41. The normalized spacial score (nSPS) is 14.8. The molecule has 1 aromatic rings. The van der Waals surface area contributed by atoms with Gasteiger partial charge < -0.3 is 4.74 Å². The molecule has 0 heterocycles. The van der Waals surface area contributed by atoms with Crippen LogP contribution in [0.3, 0.4) is 0 Å². The van der Waals surface area contributed by atoms with E-state index >= 15 is 0 Å². The maximum absolute atomic E-state index is 12.0. The van der Waals surface area contributed by atoms with E-state index in [-0.39, 0.29) is 5.97 Å². The van der Waals surface area contributed by atoms with Gasteiger partial charge in [0.15, 0.2) is 0 Å². The van der Waals surface area contributed by atoms with Gasteiger partial charge in [0, 0.05) is 5.56 Å². The third-order valence-electron chi connectivity index (χ3n) is 4.05. The minimum absolute atomic E-state index is 0.293. The van der Waals surface area contributed by atoms with Gasteiger partial charge >= 0.3 is 5.97 Å². The van der Waals surface area contributed by atoms with Crippen LogP contribution in [0.4, 0.5) is 0 Å². The molecule has 1 aromatic carbocycles. The SMILES string of the molecule is CCc1c(C(=O)OC)cc(C(=N)SC)cc1C1CCC1. The van der Waals surface area contributed by atoms with Crippen molar-refractivity contribution in [3.63, 3.8) is 0 Å². The van der Waals surface area contributed by atoms with Crippen molar-refractivity contribution in [3.05, 3.63) is 34.4 Å². The Morgan fingerprint density at radius 1 is 1.45 bits per heavy atom. The molecule has 1 aliphatic rings. The molecular weight excluding hydrogens is 270 g/mol. The zero-order chi connectivity index (χ0) is 14.7. The molecule has 1 fully saturated rings. The van der Waals surface area contributed by atoms with E-state index in [2.05, 4.69) is 13.0 Å². The highest BCUT2D eigenvalue weighted by atomic mass is 32.2. The van der Waals surface area contributed by atoms with Crippen molar-refractivity contribution in [2.75, 3.05) is 13.4 Å². The summed E-state index contributed by atoms with van der Waals surface area (Å²) < 4.78 is 4.92. The fourth-order valence-corrected chi connectivity index (χ4v) is 3.07. The van der Waals surface area contributed by atoms with Gasteiger partial charge in [-0.1, -0.05) is 13.3 Å². The van der Waals surface area contributed by atoms with E-state index in [9.17, 15) is 4.79 Å². The summed E-state index contributed by atoms with van der Waals surface area (Å²) in [6.07, 6.45) is 6.33. The zero-order valence-electron chi connectivity index (χ0n) is 12.3. The maximum atomic E-state index is 12.0. The minimum Gasteiger partial charge on any atom is -0.465 e. The Hall–Kier alpha value is -1.29. The van der Waals surface area contributed by atoms with Crippen LogP contribution in [0, 0.1) is 5.41 Å². The summed E-state index contributed by atoms with van der Waals surface area (Å²) in [4.78, 5) is 12.0. The van der Waals surface area contributed by atoms with Crippen LogP contribution in [-0.2, 0) is 11.2 Å². The van der Waals surface area contributed by atoms with Crippen LogP contribution in [0.15, 0.2) is 12.1 Å². The largest absolute Gasteiger partial charge is 0.465 e. The zero-order valence-corrected chi connectivity index (χ0v) is 13.1. The second kappa shape index (κ2) is 6.44. The highest BCUT2D eigenvalue weighted by molar-refractivity contribution is 8.13. The number of benzene rings is 1. The predicted molar refractivity (Wildman–Crippen MR) is 84.1 cm³/mol. The molecule has 0 aromatic heterocycles. The first kappa shape index (κ1) is 15.1. The van der Waals surface area contributed by atoms with Crippen molar-refractivity contribution in [1.82, 2.24) is 0 Å². The monoisotopic (exact) mass is 291 g/mol. The van der Waals surface area contributed by atoms with Gasteiger partial charge in [-0.2, -0.15) is 0 Å². The number of hydrogen-bond donors (Lipinski definition) is 1. The van der Waals surface area contributed by atoms with Crippen molar-refractivity contribution >= 4 is 22.8 Å². The van der Waals surface area contributed by atoms with Gasteiger partial charge in [0.1, 0.15) is 0 Å². The molecule has 108 valence electrons. The average Bonchev–Trinajstić information content (AvgIpc) is 2.42. The van der Waals surface area contributed by atoms with Crippen LogP contribution in [-0.4, -0.2) is 24.4 Å². The fourth-order valence-electron chi connectivity index (χ4n) is 2.71. The third-order valence-corrected chi connectivity index (χ3v) is 4.70. The van der Waals surface area contributed by atoms with E-state index in [1.165, 1.54) is 43.7 Å². The summed E-state index contributed by atoms with van der Waals surface area (Å²) in [6, 6.07) is 3.92. The number of thioether (sulfide) groups is 1. The molecular formula is C16H21NO2S. The standard InChI is InChI=1S/C16H21NO2S/c1-4-12-13(10-6-5-7-10)8-11(15(17)20-3)9-14(12)16(18)19-2/h8-10,17H,4-7H2,1-3H3. The molecule has 0 saturated heterocycles. The quantitative estimate of drug-likeness (QED) is 0.518. The molecule has 4 heteroatoms. The molecule has 0 radical (unpaired) electrons. The first-order valence-electron chi connectivity index (χ1n) is 7.00. The molecule has 0 atom stereocenters. The average molecular weight is 291 g/mol. The Labute approximate surface area is 124 Å². The van der Waals surface area contributed by atoms with Crippen LogP contribution in [0.5, 0.6) is 0 Å². The summed E-state index contributed by atoms with van der Waals surface area (Å²) >= 11 is 1.40. The number of esters is 1. The second-order valence-electron chi connectivity index (χ2n) is 5.10. The first-order valence-corrected chi connectivity index (χ1v) is 8.22. The lowest BCUT2D eigenvalue weighted by Gasteiger charge is -2.29. The van der Waals surface area contributed by atoms with E-state index in [0.29, 0.717) is 16.5 Å². The Morgan fingerprint density at radius 3 is 2.60 bits per heavy atom. The topological polar surface area (TPSA) is 50.2 Å². The molecule has 1 N–H and O–H groups in total. The van der Waals surface area contributed by atoms with Crippen LogP contribution < -0.4 is 0 Å². The highest BCUT2D eigenvalue weighted by Gasteiger charge is 2.26. The van der Waals surface area contributed by atoms with Crippen molar-refractivity contribution in [1.29, 1.82) is 5.41 Å². The number of ether oxygens (including phenoxy) is 1. The molecule has 3 nitrogen and oxygen atoms in total. The summed E-state index contributed by atoms with van der Waals surface area (Å²) in [6.45, 7) is 2.07. The Morgan fingerprint density at radius 2 is 2.15 bits per heavy atom. The predicted octanol–water partition coefficient (Wildman–Crippen LogP) is 3.99. The Bertz CT molecular complexity index is 536. The lowest BCUT2D eigenvalue weighted by molar-refractivity contribution is 0.0599. The number of nitrogens with one attached hydrogen (secondary N) is 1. The van der Waals surface area contributed by atoms with Gasteiger partial charge in [0.25, 0.3) is 0 Å². The van der Waals surface area contributed by atoms with Crippen LogP contribution in [0.25, 0.3) is 0 Å². The van der Waals surface area contributed by atoms with Gasteiger partial charge in [-0.3, -0.25) is 5.41 Å². The molecule has 1 saturated carbocycles. The van der Waals surface area contributed by atoms with E-state index in [0.717, 1.165) is 17.5 Å². The fraction of sp³-hybridized carbons (Fsp3) is 0.500. The number of carbonyl (C=O) groups excluding carboxylic acids is 1. The van der Waals surface area contributed by atoms with E-state index in [4.69, 9.17) is 10.1 Å². The Balaban J connectivity index is 2.57. The van der Waals surface area contributed by atoms with Gasteiger partial charge in [0.05, 0.1) is 17.7 Å². The minimum atomic E-state index is -0.293. The molecule has 2 rings (SSSR count). The molecule has 1 aliphatic carbocycles. The van der Waals surface area contributed by atoms with Crippen molar-refractivity contribution in [3.8, 4) is 0 Å². The third kappa shape index (κ3) is 2.75. The van der Waals surface area contributed by atoms with Gasteiger partial charge in [-0.15, -0.1) is 11.8 Å². The molecule has 0 unspecified atom stereocenters. The number of methoxy groups -OCH3 is 1. The molecule has 0 aliphatic heterocycles. The van der Waals surface area contributed by atoms with Gasteiger partial charge in [0.2, 0.25) is 0 Å². The lowest BCUT2D eigenvalue weighted by Crippen LogP contribution is -2.16. The summed E-state index contributed by atoms with van der Waals surface area (Å²) in [5, 5.41) is 8.52. The molecule has 0 amide bonds. The molecule has 0 bridgehead atoms. The van der Waals surface area contributed by atoms with Crippen molar-refractivity contribution in [2.24, 2.45) is 0 Å². The molecule has 0 spiro atoms. The second-order valence-corrected chi connectivity index (χ2v) is 5.91. The smallest absolute Gasteiger partial charge is 0.338 e. The highest BCUT2D eigenvalue weighted by Crippen LogP contribution is 2.40. The maximum Gasteiger partial charge on any atom is 0.338 e. The summed E-state index contributed by atoms with van der Waals surface area (Å²) in [5.74, 6) is 0.251. The van der Waals surface area contributed by atoms with Crippen molar-refractivity contribution < 1.29 is 9.53 Å². The lowest BCUT2D eigenvalue weighted by atomic mass is 9.76. The number of rotatable bonds is 4. The van der Waals surface area contributed by atoms with Crippen LogP contribution in [0.2, 0.25) is 0 Å². The van der Waals surface area contributed by atoms with Gasteiger partial charge in [-0.25, -0.2) is 4.79 Å². The Kier molecular flexibility index (Phi) is 4.86. The molecule has 20 heavy (non-hydrogen) atoms. The van der Waals surface area contributed by atoms with Gasteiger partial charge in [-0.05, 0) is 54.7 Å². The summed E-state index contributed by atoms with van der Waals surface area (Å²) in [5.41, 5.74) is 3.81. The van der Waals surface area contributed by atoms with Crippen molar-refractivity contribution in [2.45, 2.75) is 38.5 Å². The number of carbonyl (C=O) groups is 1. The van der Waals surface area contributed by atoms with E-state index in [1.807, 2.05) is 12.3 Å². The number of hydrogen-bond acceptors (Lipinski definition) is 4. The van der Waals surface area contributed by atoms with Crippen LogP contribution in [0.1, 0.15) is 59.2 Å². The first-order chi connectivity index (χ1) is 9.62. The van der Waals surface area contributed by atoms with E-state index in [1.54, 1.807) is 0 Å². The van der Waals surface area contributed by atoms with Crippen LogP contribution >= 0.6 is 11.8 Å². The van der Waals surface area contributed by atoms with E-state index < -0.39 is 0 Å².